The molecule has 20 heavy (non-hydrogen) atoms. The number of hydrogen-bond acceptors (Lipinski definition) is 3. The lowest BCUT2D eigenvalue weighted by atomic mass is 10.1. The molecule has 0 aromatic carbocycles. The number of carboxylic acid groups (broad SMARTS) is 1. The first kappa shape index (κ1) is 17.1. The van der Waals surface area contributed by atoms with Crippen LogP contribution < -0.4 is 0 Å². The van der Waals surface area contributed by atoms with Gasteiger partial charge in [0.25, 0.3) is 0 Å². The van der Waals surface area contributed by atoms with E-state index < -0.39 is 12.0 Å². The number of rotatable bonds is 6. The van der Waals surface area contributed by atoms with E-state index in [9.17, 15) is 14.7 Å². The highest BCUT2D eigenvalue weighted by molar-refractivity contribution is 8.00. The van der Waals surface area contributed by atoms with Gasteiger partial charge in [0.2, 0.25) is 0 Å². The minimum absolute atomic E-state index is 0.00650. The van der Waals surface area contributed by atoms with E-state index in [0.29, 0.717) is 18.2 Å². The van der Waals surface area contributed by atoms with E-state index in [-0.39, 0.29) is 11.4 Å². The molecule has 1 aliphatic heterocycles. The number of carbonyl (C=O) groups excluding carboxylic acids is 1. The molecular weight excluding hydrogens is 276 g/mol. The predicted octanol–water partition coefficient (Wildman–Crippen LogP) is 2.71. The van der Waals surface area contributed by atoms with Crippen LogP contribution in [0.1, 0.15) is 40.0 Å². The summed E-state index contributed by atoms with van der Waals surface area (Å²) in [7, 11) is 1.76. The van der Waals surface area contributed by atoms with Gasteiger partial charge in [-0.1, -0.05) is 33.6 Å². The largest absolute Gasteiger partial charge is 0.480 e. The Bertz CT molecular complexity index is 351. The van der Waals surface area contributed by atoms with E-state index in [1.807, 2.05) is 0 Å². The summed E-state index contributed by atoms with van der Waals surface area (Å²) >= 11 is 1.58. The Labute approximate surface area is 125 Å². The Morgan fingerprint density at radius 3 is 2.60 bits per heavy atom. The van der Waals surface area contributed by atoms with Crippen molar-refractivity contribution in [1.29, 1.82) is 0 Å². The van der Waals surface area contributed by atoms with Crippen molar-refractivity contribution >= 4 is 23.8 Å². The third-order valence-electron chi connectivity index (χ3n) is 3.74. The SMILES string of the molecule is CCCC1SCC(C(=O)O)N1C(=O)N(C)CC(C)CC. The molecule has 6 heteroatoms. The second kappa shape index (κ2) is 7.76. The van der Waals surface area contributed by atoms with Gasteiger partial charge < -0.3 is 10.0 Å². The summed E-state index contributed by atoms with van der Waals surface area (Å²) in [6, 6.07) is -0.843. The summed E-state index contributed by atoms with van der Waals surface area (Å²) in [5.74, 6) is 0.0108. The molecule has 0 spiro atoms. The second-order valence-electron chi connectivity index (χ2n) is 5.51. The van der Waals surface area contributed by atoms with Gasteiger partial charge in [0.1, 0.15) is 6.04 Å². The van der Waals surface area contributed by atoms with Crippen molar-refractivity contribution in [3.05, 3.63) is 0 Å². The van der Waals surface area contributed by atoms with Crippen molar-refractivity contribution in [2.75, 3.05) is 19.3 Å². The quantitative estimate of drug-likeness (QED) is 0.819. The van der Waals surface area contributed by atoms with E-state index in [0.717, 1.165) is 19.3 Å². The van der Waals surface area contributed by atoms with Crippen LogP contribution in [0.15, 0.2) is 0 Å². The highest BCUT2D eigenvalue weighted by Gasteiger charge is 2.42. The van der Waals surface area contributed by atoms with Gasteiger partial charge in [-0.25, -0.2) is 9.59 Å². The number of hydrogen-bond donors (Lipinski definition) is 1. The minimum atomic E-state index is -0.901. The predicted molar refractivity (Wildman–Crippen MR) is 81.9 cm³/mol. The average Bonchev–Trinajstić information content (AvgIpc) is 2.81. The van der Waals surface area contributed by atoms with Gasteiger partial charge in [0, 0.05) is 19.3 Å². The van der Waals surface area contributed by atoms with Crippen LogP contribution in [0.3, 0.4) is 0 Å². The third kappa shape index (κ3) is 4.04. The highest BCUT2D eigenvalue weighted by atomic mass is 32.2. The van der Waals surface area contributed by atoms with Crippen molar-refractivity contribution in [3.63, 3.8) is 0 Å². The molecule has 3 unspecified atom stereocenters. The van der Waals surface area contributed by atoms with E-state index in [2.05, 4.69) is 20.8 Å². The van der Waals surface area contributed by atoms with Crippen LogP contribution in [0.25, 0.3) is 0 Å². The molecule has 3 atom stereocenters. The molecule has 1 saturated heterocycles. The van der Waals surface area contributed by atoms with E-state index in [4.69, 9.17) is 0 Å². The van der Waals surface area contributed by atoms with Crippen LogP contribution in [0, 0.1) is 5.92 Å². The molecule has 116 valence electrons. The van der Waals surface area contributed by atoms with Gasteiger partial charge in [-0.15, -0.1) is 11.8 Å². The molecular formula is C14H26N2O3S. The van der Waals surface area contributed by atoms with E-state index in [1.54, 1.807) is 28.6 Å². The first-order chi connectivity index (χ1) is 9.42. The molecule has 1 heterocycles. The third-order valence-corrected chi connectivity index (χ3v) is 5.10. The molecule has 0 aliphatic carbocycles. The first-order valence-electron chi connectivity index (χ1n) is 7.30. The van der Waals surface area contributed by atoms with Crippen molar-refractivity contribution in [1.82, 2.24) is 9.80 Å². The van der Waals surface area contributed by atoms with Gasteiger partial charge in [0.05, 0.1) is 5.37 Å². The number of carboxylic acids is 1. The first-order valence-corrected chi connectivity index (χ1v) is 8.35. The van der Waals surface area contributed by atoms with Crippen molar-refractivity contribution in [2.24, 2.45) is 5.92 Å². The highest BCUT2D eigenvalue weighted by Crippen LogP contribution is 2.33. The fourth-order valence-corrected chi connectivity index (χ4v) is 3.86. The zero-order valence-electron chi connectivity index (χ0n) is 12.8. The second-order valence-corrected chi connectivity index (χ2v) is 6.73. The zero-order chi connectivity index (χ0) is 15.3. The van der Waals surface area contributed by atoms with E-state index >= 15 is 0 Å². The molecule has 1 fully saturated rings. The van der Waals surface area contributed by atoms with Gasteiger partial charge in [0.15, 0.2) is 0 Å². The van der Waals surface area contributed by atoms with Crippen LogP contribution in [0.5, 0.6) is 0 Å². The molecule has 0 aromatic heterocycles. The van der Waals surface area contributed by atoms with Gasteiger partial charge in [-0.05, 0) is 12.3 Å². The number of urea groups is 1. The lowest BCUT2D eigenvalue weighted by molar-refractivity contribution is -0.141. The zero-order valence-corrected chi connectivity index (χ0v) is 13.7. The summed E-state index contributed by atoms with van der Waals surface area (Å²) in [4.78, 5) is 27.1. The fourth-order valence-electron chi connectivity index (χ4n) is 2.35. The van der Waals surface area contributed by atoms with Gasteiger partial charge in [-0.3, -0.25) is 4.90 Å². The lowest BCUT2D eigenvalue weighted by Gasteiger charge is -2.32. The lowest BCUT2D eigenvalue weighted by Crippen LogP contribution is -2.51. The van der Waals surface area contributed by atoms with Crippen molar-refractivity contribution in [2.45, 2.75) is 51.4 Å². The molecule has 0 bridgehead atoms. The number of thioether (sulfide) groups is 1. The Balaban J connectivity index is 2.80. The Hall–Kier alpha value is -0.910. The average molecular weight is 302 g/mol. The summed E-state index contributed by atoms with van der Waals surface area (Å²) in [5, 5.41) is 9.30. The molecule has 1 rings (SSSR count). The van der Waals surface area contributed by atoms with Crippen molar-refractivity contribution in [3.8, 4) is 0 Å². The minimum Gasteiger partial charge on any atom is -0.480 e. The number of carbonyl (C=O) groups is 2. The number of aliphatic carboxylic acids is 1. The smallest absolute Gasteiger partial charge is 0.327 e. The van der Waals surface area contributed by atoms with Crippen LogP contribution in [0.4, 0.5) is 4.79 Å². The Kier molecular flexibility index (Phi) is 6.65. The molecule has 0 saturated carbocycles. The molecule has 0 aromatic rings. The van der Waals surface area contributed by atoms with Crippen molar-refractivity contribution < 1.29 is 14.7 Å². The summed E-state index contributed by atoms with van der Waals surface area (Å²) < 4.78 is 0. The molecule has 2 amide bonds. The molecule has 1 N–H and O–H groups in total. The van der Waals surface area contributed by atoms with Gasteiger partial charge >= 0.3 is 12.0 Å². The van der Waals surface area contributed by atoms with Crippen LogP contribution in [-0.4, -0.2) is 57.7 Å². The maximum absolute atomic E-state index is 12.6. The normalized spacial score (nSPS) is 23.7. The molecule has 1 aliphatic rings. The standard InChI is InChI=1S/C14H26N2O3S/c1-5-7-12-16(11(9-20-12)13(17)18)14(19)15(4)8-10(3)6-2/h10-12H,5-9H2,1-4H3,(H,17,18). The Morgan fingerprint density at radius 2 is 2.10 bits per heavy atom. The summed E-state index contributed by atoms with van der Waals surface area (Å²) in [5.41, 5.74) is 0. The Morgan fingerprint density at radius 1 is 1.45 bits per heavy atom. The number of nitrogens with zero attached hydrogens (tertiary/aromatic N) is 2. The van der Waals surface area contributed by atoms with Gasteiger partial charge in [-0.2, -0.15) is 0 Å². The molecule has 0 radical (unpaired) electrons. The maximum atomic E-state index is 12.6. The van der Waals surface area contributed by atoms with Crippen LogP contribution >= 0.6 is 11.8 Å². The summed E-state index contributed by atoms with van der Waals surface area (Å²) in [6.07, 6.45) is 2.80. The maximum Gasteiger partial charge on any atom is 0.327 e. The van der Waals surface area contributed by atoms with Crippen LogP contribution in [0.2, 0.25) is 0 Å². The number of amides is 2. The van der Waals surface area contributed by atoms with Crippen LogP contribution in [-0.2, 0) is 4.79 Å². The fraction of sp³-hybridized carbons (Fsp3) is 0.857. The molecule has 5 nitrogen and oxygen atoms in total. The topological polar surface area (TPSA) is 60.9 Å². The van der Waals surface area contributed by atoms with E-state index in [1.165, 1.54) is 0 Å². The summed E-state index contributed by atoms with van der Waals surface area (Å²) in [6.45, 7) is 6.91. The monoisotopic (exact) mass is 302 g/mol.